The van der Waals surface area contributed by atoms with Crippen molar-refractivity contribution in [3.8, 4) is 0 Å². The maximum atomic E-state index is 12.6. The second kappa shape index (κ2) is 6.77. The van der Waals surface area contributed by atoms with Crippen LogP contribution in [-0.2, 0) is 15.5 Å². The Morgan fingerprint density at radius 2 is 2.14 bits per heavy atom. The predicted octanol–water partition coefficient (Wildman–Crippen LogP) is 2.90. The average Bonchev–Trinajstić information content (AvgIpc) is 2.46. The molecule has 5 nitrogen and oxygen atoms in total. The minimum atomic E-state index is -1.20. The zero-order chi connectivity index (χ0) is 16.3. The molecule has 0 N–H and O–H groups in total. The minimum absolute atomic E-state index is 0.0866. The average molecular weight is 324 g/mol. The number of rotatable bonds is 2. The highest BCUT2D eigenvalue weighted by atomic mass is 32.2. The van der Waals surface area contributed by atoms with E-state index in [1.165, 1.54) is 0 Å². The van der Waals surface area contributed by atoms with E-state index in [2.05, 4.69) is 4.98 Å². The van der Waals surface area contributed by atoms with Crippen LogP contribution in [0.3, 0.4) is 0 Å². The summed E-state index contributed by atoms with van der Waals surface area (Å²) in [6, 6.07) is 3.71. The fourth-order valence-electron chi connectivity index (χ4n) is 2.35. The zero-order valence-electron chi connectivity index (χ0n) is 13.7. The van der Waals surface area contributed by atoms with Gasteiger partial charge in [0.2, 0.25) is 0 Å². The first kappa shape index (κ1) is 16.9. The smallest absolute Gasteiger partial charge is 0.410 e. The number of nitrogens with zero attached hydrogens (tertiary/aromatic N) is 2. The summed E-state index contributed by atoms with van der Waals surface area (Å²) >= 11 is 0. The van der Waals surface area contributed by atoms with Crippen molar-refractivity contribution in [1.82, 2.24) is 9.88 Å². The van der Waals surface area contributed by atoms with E-state index in [1.54, 1.807) is 17.2 Å². The quantitative estimate of drug-likeness (QED) is 0.839. The van der Waals surface area contributed by atoms with Crippen molar-refractivity contribution in [2.24, 2.45) is 0 Å². The van der Waals surface area contributed by atoms with Crippen molar-refractivity contribution >= 4 is 16.9 Å². The number of ether oxygens (including phenoxy) is 1. The van der Waals surface area contributed by atoms with Crippen LogP contribution in [0.5, 0.6) is 0 Å². The summed E-state index contributed by atoms with van der Waals surface area (Å²) in [5, 5.41) is 0.498. The maximum absolute atomic E-state index is 12.6. The Kier molecular flexibility index (Phi) is 5.21. The van der Waals surface area contributed by atoms with Crippen molar-refractivity contribution in [2.45, 2.75) is 56.4 Å². The number of carbonyl (C=O) groups excluding carboxylic acids is 1. The van der Waals surface area contributed by atoms with Crippen molar-refractivity contribution < 1.29 is 13.7 Å². The normalized spacial score (nSPS) is 20.5. The molecular formula is C16H24N2O3S. The number of amides is 1. The lowest BCUT2D eigenvalue weighted by Crippen LogP contribution is -2.45. The van der Waals surface area contributed by atoms with E-state index in [0.29, 0.717) is 18.1 Å². The molecule has 22 heavy (non-hydrogen) atoms. The van der Waals surface area contributed by atoms with Gasteiger partial charge in [0.05, 0.1) is 16.0 Å². The summed E-state index contributed by atoms with van der Waals surface area (Å²) in [5.41, 5.74) is 0.529. The van der Waals surface area contributed by atoms with Gasteiger partial charge in [-0.25, -0.2) is 9.78 Å². The fourth-order valence-corrected chi connectivity index (χ4v) is 3.75. The predicted molar refractivity (Wildman–Crippen MR) is 86.2 cm³/mol. The van der Waals surface area contributed by atoms with Crippen LogP contribution in [0.2, 0.25) is 0 Å². The Morgan fingerprint density at radius 3 is 2.73 bits per heavy atom. The SMILES string of the molecule is Cc1ccc(S(=O)C2CCCN(C(=O)OC(C)(C)C)C2)nc1. The Bertz CT molecular complexity index is 552. The van der Waals surface area contributed by atoms with Crippen molar-refractivity contribution in [3.63, 3.8) is 0 Å². The number of likely N-dealkylation sites (tertiary alicyclic amines) is 1. The number of aromatic nitrogens is 1. The van der Waals surface area contributed by atoms with Crippen LogP contribution < -0.4 is 0 Å². The molecule has 0 saturated carbocycles. The van der Waals surface area contributed by atoms with Crippen molar-refractivity contribution in [1.29, 1.82) is 0 Å². The lowest BCUT2D eigenvalue weighted by Gasteiger charge is -2.33. The lowest BCUT2D eigenvalue weighted by atomic mass is 10.1. The first-order valence-corrected chi connectivity index (χ1v) is 8.79. The minimum Gasteiger partial charge on any atom is -0.444 e. The summed E-state index contributed by atoms with van der Waals surface area (Å²) in [5.74, 6) is 0. The standard InChI is InChI=1S/C16H24N2O3S/c1-12-7-8-14(17-10-12)22(20)13-6-5-9-18(11-13)15(19)21-16(2,3)4/h7-8,10,13H,5-6,9,11H2,1-4H3. The number of hydrogen-bond acceptors (Lipinski definition) is 4. The summed E-state index contributed by atoms with van der Waals surface area (Å²) in [7, 11) is -1.20. The van der Waals surface area contributed by atoms with Gasteiger partial charge < -0.3 is 9.64 Å². The molecule has 6 heteroatoms. The summed E-state index contributed by atoms with van der Waals surface area (Å²) in [6.45, 7) is 8.60. The summed E-state index contributed by atoms with van der Waals surface area (Å²) in [6.07, 6.45) is 3.07. The first-order chi connectivity index (χ1) is 10.3. The molecule has 2 unspecified atom stereocenters. The molecule has 1 saturated heterocycles. The van der Waals surface area contributed by atoms with Gasteiger partial charge in [-0.2, -0.15) is 0 Å². The topological polar surface area (TPSA) is 59.5 Å². The molecule has 1 amide bonds. The summed E-state index contributed by atoms with van der Waals surface area (Å²) < 4.78 is 18.0. The Hall–Kier alpha value is -1.43. The molecule has 122 valence electrons. The molecule has 2 heterocycles. The molecule has 1 aromatic heterocycles. The Balaban J connectivity index is 2.02. The number of hydrogen-bond donors (Lipinski definition) is 0. The molecule has 0 aromatic carbocycles. The van der Waals surface area contributed by atoms with Crippen LogP contribution in [0.25, 0.3) is 0 Å². The van der Waals surface area contributed by atoms with Gasteiger partial charge in [0.25, 0.3) is 0 Å². The van der Waals surface area contributed by atoms with Crippen LogP contribution in [0, 0.1) is 6.92 Å². The van der Waals surface area contributed by atoms with Gasteiger partial charge in [-0.3, -0.25) is 4.21 Å². The van der Waals surface area contributed by atoms with Crippen LogP contribution in [-0.4, -0.2) is 44.1 Å². The highest BCUT2D eigenvalue weighted by Gasteiger charge is 2.31. The number of aryl methyl sites for hydroxylation is 1. The molecule has 0 bridgehead atoms. The van der Waals surface area contributed by atoms with E-state index in [1.807, 2.05) is 33.8 Å². The van der Waals surface area contributed by atoms with Gasteiger partial charge in [0, 0.05) is 19.3 Å². The third-order valence-electron chi connectivity index (χ3n) is 3.42. The van der Waals surface area contributed by atoms with E-state index in [9.17, 15) is 9.00 Å². The molecule has 1 aliphatic rings. The fraction of sp³-hybridized carbons (Fsp3) is 0.625. The van der Waals surface area contributed by atoms with Crippen LogP contribution in [0.4, 0.5) is 4.79 Å². The van der Waals surface area contributed by atoms with Gasteiger partial charge in [0.1, 0.15) is 10.6 Å². The van der Waals surface area contributed by atoms with E-state index in [-0.39, 0.29) is 11.3 Å². The second-order valence-electron chi connectivity index (χ2n) is 6.66. The van der Waals surface area contributed by atoms with E-state index in [4.69, 9.17) is 4.74 Å². The van der Waals surface area contributed by atoms with Crippen molar-refractivity contribution in [2.75, 3.05) is 13.1 Å². The molecule has 1 fully saturated rings. The third-order valence-corrected chi connectivity index (χ3v) is 5.07. The molecular weight excluding hydrogens is 300 g/mol. The molecule has 2 rings (SSSR count). The molecule has 1 aliphatic heterocycles. The highest BCUT2D eigenvalue weighted by molar-refractivity contribution is 7.85. The Labute approximate surface area is 134 Å². The van der Waals surface area contributed by atoms with Crippen molar-refractivity contribution in [3.05, 3.63) is 23.9 Å². The van der Waals surface area contributed by atoms with Gasteiger partial charge in [-0.05, 0) is 52.2 Å². The first-order valence-electron chi connectivity index (χ1n) is 7.57. The molecule has 0 spiro atoms. The number of carbonyl (C=O) groups is 1. The second-order valence-corrected chi connectivity index (χ2v) is 8.34. The zero-order valence-corrected chi connectivity index (χ0v) is 14.5. The molecule has 2 atom stereocenters. The van der Waals surface area contributed by atoms with Gasteiger partial charge in [-0.1, -0.05) is 6.07 Å². The van der Waals surface area contributed by atoms with E-state index < -0.39 is 16.4 Å². The van der Waals surface area contributed by atoms with Gasteiger partial charge in [-0.15, -0.1) is 0 Å². The molecule has 0 radical (unpaired) electrons. The van der Waals surface area contributed by atoms with E-state index >= 15 is 0 Å². The van der Waals surface area contributed by atoms with Crippen LogP contribution >= 0.6 is 0 Å². The van der Waals surface area contributed by atoms with Gasteiger partial charge >= 0.3 is 6.09 Å². The number of pyridine rings is 1. The molecule has 1 aromatic rings. The summed E-state index contributed by atoms with van der Waals surface area (Å²) in [4.78, 5) is 18.1. The van der Waals surface area contributed by atoms with Gasteiger partial charge in [0.15, 0.2) is 0 Å². The largest absolute Gasteiger partial charge is 0.444 e. The lowest BCUT2D eigenvalue weighted by molar-refractivity contribution is 0.0219. The molecule has 0 aliphatic carbocycles. The third kappa shape index (κ3) is 4.53. The van der Waals surface area contributed by atoms with Crippen LogP contribution in [0.1, 0.15) is 39.2 Å². The van der Waals surface area contributed by atoms with Crippen LogP contribution in [0.15, 0.2) is 23.4 Å². The van der Waals surface area contributed by atoms with E-state index in [0.717, 1.165) is 18.4 Å². The number of piperidine rings is 1. The monoisotopic (exact) mass is 324 g/mol. The highest BCUT2D eigenvalue weighted by Crippen LogP contribution is 2.21. The Morgan fingerprint density at radius 1 is 1.41 bits per heavy atom. The maximum Gasteiger partial charge on any atom is 0.410 e.